The summed E-state index contributed by atoms with van der Waals surface area (Å²) in [5.74, 6) is -0.912. The van der Waals surface area contributed by atoms with Crippen LogP contribution in [0.2, 0.25) is 0 Å². The lowest BCUT2D eigenvalue weighted by Crippen LogP contribution is -2.35. The average Bonchev–Trinajstić information content (AvgIpc) is 2.26. The van der Waals surface area contributed by atoms with E-state index in [1.807, 2.05) is 0 Å². The SMILES string of the molecule is C.C.CNC(C)C(=O)OCOC(=O)C(C)NC. The molecule has 2 unspecified atom stereocenters. The van der Waals surface area contributed by atoms with Crippen molar-refractivity contribution in [2.24, 2.45) is 0 Å². The number of esters is 2. The number of rotatable bonds is 6. The zero-order chi connectivity index (χ0) is 11.8. The molecular formula is C11H26N2O4. The molecule has 0 bridgehead atoms. The van der Waals surface area contributed by atoms with Crippen LogP contribution in [0.15, 0.2) is 0 Å². The first-order valence-electron chi connectivity index (χ1n) is 4.70. The Hall–Kier alpha value is -1.14. The highest BCUT2D eigenvalue weighted by Gasteiger charge is 2.14. The molecule has 104 valence electrons. The van der Waals surface area contributed by atoms with Gasteiger partial charge in [0.05, 0.1) is 0 Å². The van der Waals surface area contributed by atoms with Crippen molar-refractivity contribution < 1.29 is 19.1 Å². The lowest BCUT2D eigenvalue weighted by molar-refractivity contribution is -0.169. The third kappa shape index (κ3) is 8.65. The highest BCUT2D eigenvalue weighted by molar-refractivity contribution is 5.76. The van der Waals surface area contributed by atoms with Crippen LogP contribution in [0.1, 0.15) is 28.7 Å². The Morgan fingerprint density at radius 1 is 0.941 bits per heavy atom. The summed E-state index contributed by atoms with van der Waals surface area (Å²) in [4.78, 5) is 22.2. The minimum atomic E-state index is -0.456. The van der Waals surface area contributed by atoms with Crippen LogP contribution in [0.5, 0.6) is 0 Å². The summed E-state index contributed by atoms with van der Waals surface area (Å²) in [7, 11) is 3.28. The molecule has 0 fully saturated rings. The number of carbonyl (C=O) groups excluding carboxylic acids is 2. The molecule has 0 aromatic carbocycles. The Kier molecular flexibility index (Phi) is 14.1. The molecule has 0 saturated carbocycles. The van der Waals surface area contributed by atoms with E-state index >= 15 is 0 Å². The van der Waals surface area contributed by atoms with Crippen molar-refractivity contribution in [3.63, 3.8) is 0 Å². The Morgan fingerprint density at radius 3 is 1.47 bits per heavy atom. The predicted octanol–water partition coefficient (Wildman–Crippen LogP) is 0.518. The van der Waals surface area contributed by atoms with E-state index in [4.69, 9.17) is 0 Å². The van der Waals surface area contributed by atoms with Crippen molar-refractivity contribution in [1.82, 2.24) is 10.6 Å². The smallest absolute Gasteiger partial charge is 0.325 e. The monoisotopic (exact) mass is 250 g/mol. The first-order valence-corrected chi connectivity index (χ1v) is 4.70. The fraction of sp³-hybridized carbons (Fsp3) is 0.818. The number of carbonyl (C=O) groups is 2. The van der Waals surface area contributed by atoms with Crippen molar-refractivity contribution in [3.05, 3.63) is 0 Å². The molecule has 2 atom stereocenters. The summed E-state index contributed by atoms with van der Waals surface area (Å²) in [5, 5.41) is 5.42. The molecule has 0 saturated heterocycles. The van der Waals surface area contributed by atoms with E-state index in [0.29, 0.717) is 0 Å². The molecule has 0 radical (unpaired) electrons. The molecule has 17 heavy (non-hydrogen) atoms. The van der Waals surface area contributed by atoms with E-state index in [-0.39, 0.29) is 21.6 Å². The summed E-state index contributed by atoms with van der Waals surface area (Å²) in [6, 6.07) is -0.823. The van der Waals surface area contributed by atoms with Crippen LogP contribution < -0.4 is 10.6 Å². The number of hydrogen-bond acceptors (Lipinski definition) is 6. The van der Waals surface area contributed by atoms with Crippen molar-refractivity contribution >= 4 is 11.9 Å². The molecule has 2 N–H and O–H groups in total. The van der Waals surface area contributed by atoms with Gasteiger partial charge in [0.15, 0.2) is 0 Å². The number of ether oxygens (including phenoxy) is 2. The van der Waals surface area contributed by atoms with Crippen molar-refractivity contribution in [2.45, 2.75) is 40.8 Å². The second-order valence-electron chi connectivity index (χ2n) is 3.07. The van der Waals surface area contributed by atoms with Crippen LogP contribution in [0.4, 0.5) is 0 Å². The molecule has 0 heterocycles. The first-order chi connectivity index (χ1) is 7.02. The normalized spacial score (nSPS) is 12.5. The van der Waals surface area contributed by atoms with Crippen LogP contribution in [0, 0.1) is 0 Å². The van der Waals surface area contributed by atoms with Gasteiger partial charge in [-0.15, -0.1) is 0 Å². The largest absolute Gasteiger partial charge is 0.427 e. The second kappa shape index (κ2) is 11.3. The van der Waals surface area contributed by atoms with Gasteiger partial charge in [-0.3, -0.25) is 9.59 Å². The van der Waals surface area contributed by atoms with Gasteiger partial charge >= 0.3 is 11.9 Å². The fourth-order valence-electron chi connectivity index (χ4n) is 0.631. The maximum absolute atomic E-state index is 11.1. The molecule has 6 heteroatoms. The van der Waals surface area contributed by atoms with Gasteiger partial charge in [-0.1, -0.05) is 14.9 Å². The summed E-state index contributed by atoms with van der Waals surface area (Å²) in [6.45, 7) is 2.95. The van der Waals surface area contributed by atoms with Gasteiger partial charge in [0.1, 0.15) is 12.1 Å². The van der Waals surface area contributed by atoms with Crippen LogP contribution in [0.3, 0.4) is 0 Å². The molecule has 6 nitrogen and oxygen atoms in total. The zero-order valence-corrected chi connectivity index (χ0v) is 9.49. The van der Waals surface area contributed by atoms with Gasteiger partial charge in [-0.25, -0.2) is 0 Å². The molecule has 0 rings (SSSR count). The summed E-state index contributed by atoms with van der Waals surface area (Å²) in [5.41, 5.74) is 0. The Bertz CT molecular complexity index is 200. The predicted molar refractivity (Wildman–Crippen MR) is 67.6 cm³/mol. The van der Waals surface area contributed by atoms with Crippen LogP contribution in [-0.2, 0) is 19.1 Å². The number of hydrogen-bond donors (Lipinski definition) is 2. The Labute approximate surface area is 104 Å². The van der Waals surface area contributed by atoms with Gasteiger partial charge < -0.3 is 20.1 Å². The van der Waals surface area contributed by atoms with Crippen molar-refractivity contribution in [2.75, 3.05) is 20.9 Å². The van der Waals surface area contributed by atoms with Gasteiger partial charge in [0, 0.05) is 0 Å². The quantitative estimate of drug-likeness (QED) is 0.528. The van der Waals surface area contributed by atoms with E-state index in [2.05, 4.69) is 20.1 Å². The molecule has 0 aliphatic carbocycles. The minimum absolute atomic E-state index is 0. The molecular weight excluding hydrogens is 224 g/mol. The summed E-state index contributed by atoms with van der Waals surface area (Å²) < 4.78 is 9.38. The molecule has 0 aliphatic rings. The third-order valence-electron chi connectivity index (χ3n) is 1.98. The molecule has 0 aromatic rings. The standard InChI is InChI=1S/C9H18N2O4.2CH4/c1-6(10-3)8(12)14-5-15-9(13)7(2)11-4;;/h6-7,10-11H,5H2,1-4H3;2*1H4. The average molecular weight is 250 g/mol. The van der Waals surface area contributed by atoms with Gasteiger partial charge in [-0.2, -0.15) is 0 Å². The van der Waals surface area contributed by atoms with Gasteiger partial charge in [0.2, 0.25) is 6.79 Å². The van der Waals surface area contributed by atoms with Crippen LogP contribution in [-0.4, -0.2) is 44.9 Å². The highest BCUT2D eigenvalue weighted by atomic mass is 16.7. The molecule has 0 aliphatic heterocycles. The number of likely N-dealkylation sites (N-methyl/N-ethyl adjacent to an activating group) is 2. The third-order valence-corrected chi connectivity index (χ3v) is 1.98. The second-order valence-corrected chi connectivity index (χ2v) is 3.07. The Balaban J connectivity index is -0.000000980. The fourth-order valence-corrected chi connectivity index (χ4v) is 0.631. The summed E-state index contributed by atoms with van der Waals surface area (Å²) in [6.07, 6.45) is 0. The lowest BCUT2D eigenvalue weighted by atomic mass is 10.3. The van der Waals surface area contributed by atoms with E-state index in [9.17, 15) is 9.59 Å². The van der Waals surface area contributed by atoms with Gasteiger partial charge in [-0.05, 0) is 27.9 Å². The summed E-state index contributed by atoms with van der Waals surface area (Å²) >= 11 is 0. The van der Waals surface area contributed by atoms with Crippen molar-refractivity contribution in [3.8, 4) is 0 Å². The van der Waals surface area contributed by atoms with E-state index in [1.54, 1.807) is 27.9 Å². The first kappa shape index (κ1) is 21.2. The van der Waals surface area contributed by atoms with E-state index in [1.165, 1.54) is 0 Å². The Morgan fingerprint density at radius 2 is 1.24 bits per heavy atom. The zero-order valence-electron chi connectivity index (χ0n) is 9.49. The van der Waals surface area contributed by atoms with Crippen LogP contribution >= 0.6 is 0 Å². The molecule has 0 amide bonds. The number of nitrogens with one attached hydrogen (secondary N) is 2. The van der Waals surface area contributed by atoms with Crippen molar-refractivity contribution in [1.29, 1.82) is 0 Å². The maximum atomic E-state index is 11.1. The maximum Gasteiger partial charge on any atom is 0.325 e. The van der Waals surface area contributed by atoms with Gasteiger partial charge in [0.25, 0.3) is 0 Å². The lowest BCUT2D eigenvalue weighted by Gasteiger charge is -2.12. The van der Waals surface area contributed by atoms with E-state index < -0.39 is 24.0 Å². The highest BCUT2D eigenvalue weighted by Crippen LogP contribution is 1.91. The van der Waals surface area contributed by atoms with E-state index in [0.717, 1.165) is 0 Å². The molecule has 0 aromatic heterocycles. The van der Waals surface area contributed by atoms with Crippen LogP contribution in [0.25, 0.3) is 0 Å². The molecule has 0 spiro atoms. The minimum Gasteiger partial charge on any atom is -0.427 e. The topological polar surface area (TPSA) is 76.7 Å².